The first-order chi connectivity index (χ1) is 13.7. The number of nitrogens with zero attached hydrogens (tertiary/aromatic N) is 2. The van der Waals surface area contributed by atoms with Gasteiger partial charge in [-0.3, -0.25) is 9.59 Å². The van der Waals surface area contributed by atoms with E-state index < -0.39 is 0 Å². The normalized spacial score (nSPS) is 15.5. The fraction of sp³-hybridized carbons (Fsp3) is 0.250. The highest BCUT2D eigenvalue weighted by Crippen LogP contribution is 2.33. The Morgan fingerprint density at radius 1 is 1.14 bits per heavy atom. The van der Waals surface area contributed by atoms with Crippen molar-refractivity contribution in [2.24, 2.45) is 5.92 Å². The lowest BCUT2D eigenvalue weighted by Crippen LogP contribution is -2.55. The van der Waals surface area contributed by atoms with Crippen LogP contribution in [-0.2, 0) is 11.3 Å². The van der Waals surface area contributed by atoms with Gasteiger partial charge in [-0.2, -0.15) is 0 Å². The van der Waals surface area contributed by atoms with Gasteiger partial charge in [0, 0.05) is 18.7 Å². The van der Waals surface area contributed by atoms with Gasteiger partial charge in [-0.15, -0.1) is 0 Å². The third kappa shape index (κ3) is 2.92. The number of hydrogen-bond acceptors (Lipinski definition) is 5. The molecule has 0 radical (unpaired) electrons. The molecule has 1 aromatic heterocycles. The fourth-order valence-corrected chi connectivity index (χ4v) is 3.43. The molecule has 0 saturated carbocycles. The maximum absolute atomic E-state index is 12.6. The molecule has 8 nitrogen and oxygen atoms in total. The van der Waals surface area contributed by atoms with Crippen LogP contribution in [-0.4, -0.2) is 46.6 Å². The van der Waals surface area contributed by atoms with Crippen LogP contribution in [0.15, 0.2) is 42.5 Å². The standard InChI is InChI=1S/C20H18N4O4/c25-19(21-8-18-22-14-3-1-2-4-15(14)23-18)13-9-24(10-13)20(26)12-5-6-16-17(7-12)28-11-27-16/h1-7,13H,8-11H2,(H,21,25)(H,22,23). The Morgan fingerprint density at radius 2 is 1.96 bits per heavy atom. The number of para-hydroxylation sites is 2. The molecule has 2 aliphatic heterocycles. The Labute approximate surface area is 160 Å². The van der Waals surface area contributed by atoms with Crippen LogP contribution in [0.2, 0.25) is 0 Å². The van der Waals surface area contributed by atoms with Crippen molar-refractivity contribution in [3.05, 3.63) is 53.9 Å². The van der Waals surface area contributed by atoms with Gasteiger partial charge in [-0.1, -0.05) is 12.1 Å². The average molecular weight is 378 g/mol. The minimum absolute atomic E-state index is 0.0739. The van der Waals surface area contributed by atoms with E-state index in [0.717, 1.165) is 11.0 Å². The minimum atomic E-state index is -0.206. The van der Waals surface area contributed by atoms with Crippen LogP contribution in [0.3, 0.4) is 0 Å². The molecule has 1 saturated heterocycles. The van der Waals surface area contributed by atoms with Crippen LogP contribution >= 0.6 is 0 Å². The number of imidazole rings is 1. The van der Waals surface area contributed by atoms with Crippen LogP contribution in [0.25, 0.3) is 11.0 Å². The summed E-state index contributed by atoms with van der Waals surface area (Å²) in [5, 5.41) is 2.89. The lowest BCUT2D eigenvalue weighted by molar-refractivity contribution is -0.129. The smallest absolute Gasteiger partial charge is 0.254 e. The number of carbonyl (C=O) groups excluding carboxylic acids is 2. The summed E-state index contributed by atoms with van der Waals surface area (Å²) in [6, 6.07) is 12.8. The largest absolute Gasteiger partial charge is 0.454 e. The Balaban J connectivity index is 1.15. The van der Waals surface area contributed by atoms with E-state index in [0.29, 0.717) is 42.5 Å². The molecule has 0 bridgehead atoms. The molecule has 0 spiro atoms. The second-order valence-corrected chi connectivity index (χ2v) is 6.89. The zero-order chi connectivity index (χ0) is 19.1. The van der Waals surface area contributed by atoms with E-state index in [1.807, 2.05) is 24.3 Å². The predicted octanol–water partition coefficient (Wildman–Crippen LogP) is 1.68. The second kappa shape index (κ2) is 6.56. The first-order valence-electron chi connectivity index (χ1n) is 9.07. The summed E-state index contributed by atoms with van der Waals surface area (Å²) in [5.41, 5.74) is 2.34. The number of fused-ring (bicyclic) bond motifs is 2. The molecule has 2 N–H and O–H groups in total. The lowest BCUT2D eigenvalue weighted by atomic mass is 9.97. The maximum atomic E-state index is 12.6. The Hall–Kier alpha value is -3.55. The van der Waals surface area contributed by atoms with Crippen LogP contribution in [0.5, 0.6) is 11.5 Å². The summed E-state index contributed by atoms with van der Waals surface area (Å²) in [7, 11) is 0. The van der Waals surface area contributed by atoms with E-state index >= 15 is 0 Å². The summed E-state index contributed by atoms with van der Waals surface area (Å²) in [6.07, 6.45) is 0. The number of hydrogen-bond donors (Lipinski definition) is 2. The van der Waals surface area contributed by atoms with E-state index in [2.05, 4.69) is 15.3 Å². The minimum Gasteiger partial charge on any atom is -0.454 e. The van der Waals surface area contributed by atoms with E-state index in [9.17, 15) is 9.59 Å². The average Bonchev–Trinajstić information content (AvgIpc) is 3.30. The quantitative estimate of drug-likeness (QED) is 0.720. The van der Waals surface area contributed by atoms with Gasteiger partial charge in [0.2, 0.25) is 12.7 Å². The Kier molecular flexibility index (Phi) is 3.89. The van der Waals surface area contributed by atoms with Crippen molar-refractivity contribution in [2.75, 3.05) is 19.9 Å². The number of ether oxygens (including phenoxy) is 2. The first-order valence-corrected chi connectivity index (χ1v) is 9.07. The predicted molar refractivity (Wildman–Crippen MR) is 99.9 cm³/mol. The van der Waals surface area contributed by atoms with Gasteiger partial charge >= 0.3 is 0 Å². The third-order valence-corrected chi connectivity index (χ3v) is 5.03. The van der Waals surface area contributed by atoms with Crippen molar-refractivity contribution in [2.45, 2.75) is 6.54 Å². The van der Waals surface area contributed by atoms with Crippen molar-refractivity contribution in [3.63, 3.8) is 0 Å². The number of likely N-dealkylation sites (tertiary alicyclic amines) is 1. The highest BCUT2D eigenvalue weighted by Gasteiger charge is 2.36. The number of aromatic nitrogens is 2. The Bertz CT molecular complexity index is 1040. The van der Waals surface area contributed by atoms with Gasteiger partial charge in [0.1, 0.15) is 5.82 Å². The molecule has 3 heterocycles. The monoisotopic (exact) mass is 378 g/mol. The number of benzene rings is 2. The number of carbonyl (C=O) groups is 2. The second-order valence-electron chi connectivity index (χ2n) is 6.89. The molecule has 2 aromatic carbocycles. The molecule has 0 atom stereocenters. The van der Waals surface area contributed by atoms with Crippen LogP contribution in [0.4, 0.5) is 0 Å². The molecule has 142 valence electrons. The summed E-state index contributed by atoms with van der Waals surface area (Å²) in [4.78, 5) is 34.2. The van der Waals surface area contributed by atoms with Gasteiger partial charge in [0.05, 0.1) is 23.5 Å². The number of aromatic amines is 1. The zero-order valence-electron chi connectivity index (χ0n) is 15.0. The van der Waals surface area contributed by atoms with Crippen LogP contribution in [0.1, 0.15) is 16.2 Å². The molecule has 8 heteroatoms. The number of amides is 2. The van der Waals surface area contributed by atoms with E-state index in [1.54, 1.807) is 23.1 Å². The summed E-state index contributed by atoms with van der Waals surface area (Å²) >= 11 is 0. The molecule has 0 aliphatic carbocycles. The van der Waals surface area contributed by atoms with Crippen LogP contribution < -0.4 is 14.8 Å². The molecule has 28 heavy (non-hydrogen) atoms. The van der Waals surface area contributed by atoms with Crippen molar-refractivity contribution < 1.29 is 19.1 Å². The number of rotatable bonds is 4. The number of H-pyrrole nitrogens is 1. The molecule has 2 aliphatic rings. The van der Waals surface area contributed by atoms with E-state index in [-0.39, 0.29) is 24.5 Å². The first kappa shape index (κ1) is 16.6. The van der Waals surface area contributed by atoms with Crippen molar-refractivity contribution >= 4 is 22.8 Å². The van der Waals surface area contributed by atoms with Crippen molar-refractivity contribution in [1.82, 2.24) is 20.2 Å². The zero-order valence-corrected chi connectivity index (χ0v) is 15.0. The molecule has 0 unspecified atom stereocenters. The van der Waals surface area contributed by atoms with Gasteiger partial charge in [0.15, 0.2) is 11.5 Å². The van der Waals surface area contributed by atoms with Gasteiger partial charge < -0.3 is 24.7 Å². The highest BCUT2D eigenvalue weighted by atomic mass is 16.7. The lowest BCUT2D eigenvalue weighted by Gasteiger charge is -2.38. The highest BCUT2D eigenvalue weighted by molar-refractivity contribution is 5.96. The maximum Gasteiger partial charge on any atom is 0.254 e. The van der Waals surface area contributed by atoms with Gasteiger partial charge in [0.25, 0.3) is 5.91 Å². The van der Waals surface area contributed by atoms with Crippen LogP contribution in [0, 0.1) is 5.92 Å². The topological polar surface area (TPSA) is 96.6 Å². The summed E-state index contributed by atoms with van der Waals surface area (Å²) < 4.78 is 10.6. The molecular weight excluding hydrogens is 360 g/mol. The van der Waals surface area contributed by atoms with E-state index in [1.165, 1.54) is 0 Å². The Morgan fingerprint density at radius 3 is 2.82 bits per heavy atom. The van der Waals surface area contributed by atoms with Gasteiger partial charge in [-0.25, -0.2) is 4.98 Å². The van der Waals surface area contributed by atoms with E-state index in [4.69, 9.17) is 9.47 Å². The van der Waals surface area contributed by atoms with Gasteiger partial charge in [-0.05, 0) is 30.3 Å². The molecule has 5 rings (SSSR count). The molecule has 3 aromatic rings. The van der Waals surface area contributed by atoms with Crippen molar-refractivity contribution in [1.29, 1.82) is 0 Å². The third-order valence-electron chi connectivity index (χ3n) is 5.03. The SMILES string of the molecule is O=C(NCc1nc2ccccc2[nH]1)C1CN(C(=O)c2ccc3c(c2)OCO3)C1. The molecular formula is C20H18N4O4. The number of nitrogens with one attached hydrogen (secondary N) is 2. The fourth-order valence-electron chi connectivity index (χ4n) is 3.43. The molecule has 2 amide bonds. The van der Waals surface area contributed by atoms with Crippen molar-refractivity contribution in [3.8, 4) is 11.5 Å². The summed E-state index contributed by atoms with van der Waals surface area (Å²) in [5.74, 6) is 1.54. The summed E-state index contributed by atoms with van der Waals surface area (Å²) in [6.45, 7) is 1.31. The molecule has 1 fully saturated rings.